The number of rotatable bonds is 5. The van der Waals surface area contributed by atoms with E-state index in [9.17, 15) is 9.90 Å². The largest absolute Gasteiger partial charge is 0.394 e. The van der Waals surface area contributed by atoms with Crippen molar-refractivity contribution in [3.8, 4) is 0 Å². The molecule has 0 spiro atoms. The summed E-state index contributed by atoms with van der Waals surface area (Å²) in [6.45, 7) is 5.92. The molecule has 1 aromatic carbocycles. The Hall–Kier alpha value is -1.39. The van der Waals surface area contributed by atoms with Gasteiger partial charge in [0.05, 0.1) is 30.8 Å². The molecule has 5 atom stereocenters. The number of hydrogen-bond donors (Lipinski definition) is 2. The zero-order valence-corrected chi connectivity index (χ0v) is 13.0. The van der Waals surface area contributed by atoms with Crippen molar-refractivity contribution in [1.29, 1.82) is 0 Å². The Morgan fingerprint density at radius 3 is 2.43 bits per heavy atom. The number of ether oxygens (including phenoxy) is 1. The molecule has 2 N–H and O–H groups in total. The molecule has 1 aliphatic rings. The molecule has 0 aliphatic carbocycles. The molecule has 1 amide bonds. The summed E-state index contributed by atoms with van der Waals surface area (Å²) in [6.07, 6.45) is 0.651. The Bertz CT molecular complexity index is 462. The molecule has 1 aromatic rings. The van der Waals surface area contributed by atoms with Crippen LogP contribution in [-0.2, 0) is 16.0 Å². The molecule has 1 heterocycles. The second-order valence-electron chi connectivity index (χ2n) is 6.01. The van der Waals surface area contributed by atoms with Gasteiger partial charge in [-0.2, -0.15) is 0 Å². The summed E-state index contributed by atoms with van der Waals surface area (Å²) < 4.78 is 5.72. The Morgan fingerprint density at radius 1 is 1.24 bits per heavy atom. The third kappa shape index (κ3) is 3.83. The lowest BCUT2D eigenvalue weighted by molar-refractivity contribution is -0.128. The molecule has 1 aliphatic heterocycles. The van der Waals surface area contributed by atoms with E-state index in [4.69, 9.17) is 4.74 Å². The lowest BCUT2D eigenvalue weighted by atomic mass is 9.88. The van der Waals surface area contributed by atoms with Gasteiger partial charge in [-0.05, 0) is 31.7 Å². The van der Waals surface area contributed by atoms with Gasteiger partial charge >= 0.3 is 0 Å². The topological polar surface area (TPSA) is 58.6 Å². The molecule has 2 rings (SSSR count). The molecule has 1 saturated heterocycles. The minimum absolute atomic E-state index is 0.0191. The van der Waals surface area contributed by atoms with Crippen LogP contribution >= 0.6 is 0 Å². The maximum atomic E-state index is 12.5. The van der Waals surface area contributed by atoms with Crippen LogP contribution in [0.25, 0.3) is 0 Å². The second kappa shape index (κ2) is 7.05. The fourth-order valence-corrected chi connectivity index (χ4v) is 3.08. The van der Waals surface area contributed by atoms with Crippen LogP contribution in [0.1, 0.15) is 26.3 Å². The van der Waals surface area contributed by atoms with Gasteiger partial charge in [-0.3, -0.25) is 4.79 Å². The van der Waals surface area contributed by atoms with Crippen molar-refractivity contribution in [2.45, 2.75) is 45.4 Å². The summed E-state index contributed by atoms with van der Waals surface area (Å²) >= 11 is 0. The number of aliphatic hydroxyl groups excluding tert-OH is 1. The Morgan fingerprint density at radius 2 is 1.90 bits per heavy atom. The predicted octanol–water partition coefficient (Wildman–Crippen LogP) is 1.77. The van der Waals surface area contributed by atoms with Crippen LogP contribution in [0.3, 0.4) is 0 Å². The van der Waals surface area contributed by atoms with Gasteiger partial charge in [0.2, 0.25) is 5.91 Å². The highest BCUT2D eigenvalue weighted by atomic mass is 16.5. The van der Waals surface area contributed by atoms with Crippen LogP contribution in [0.2, 0.25) is 0 Å². The van der Waals surface area contributed by atoms with E-state index in [1.54, 1.807) is 0 Å². The highest BCUT2D eigenvalue weighted by Gasteiger charge is 2.41. The maximum absolute atomic E-state index is 12.5. The first-order valence-corrected chi connectivity index (χ1v) is 7.63. The van der Waals surface area contributed by atoms with E-state index < -0.39 is 0 Å². The van der Waals surface area contributed by atoms with Gasteiger partial charge < -0.3 is 15.2 Å². The molecule has 0 bridgehead atoms. The SMILES string of the molecule is CC1OC(C)C(C(=O)NC(CO)Cc2ccccc2)C1C. The van der Waals surface area contributed by atoms with Crippen molar-refractivity contribution in [2.24, 2.45) is 11.8 Å². The molecule has 0 aromatic heterocycles. The van der Waals surface area contributed by atoms with E-state index in [2.05, 4.69) is 5.32 Å². The average Bonchev–Trinajstić information content (AvgIpc) is 2.72. The van der Waals surface area contributed by atoms with Gasteiger partial charge in [-0.15, -0.1) is 0 Å². The lowest BCUT2D eigenvalue weighted by Gasteiger charge is -2.22. The summed E-state index contributed by atoms with van der Waals surface area (Å²) in [7, 11) is 0. The van der Waals surface area contributed by atoms with Crippen molar-refractivity contribution in [2.75, 3.05) is 6.61 Å². The summed E-state index contributed by atoms with van der Waals surface area (Å²) in [4.78, 5) is 12.5. The molecule has 1 fully saturated rings. The quantitative estimate of drug-likeness (QED) is 0.869. The number of nitrogens with one attached hydrogen (secondary N) is 1. The third-order valence-corrected chi connectivity index (χ3v) is 4.44. The van der Waals surface area contributed by atoms with Gasteiger partial charge in [0, 0.05) is 0 Å². The van der Waals surface area contributed by atoms with Gasteiger partial charge in [0.15, 0.2) is 0 Å². The Labute approximate surface area is 126 Å². The number of aliphatic hydroxyl groups is 1. The van der Waals surface area contributed by atoms with Gasteiger partial charge in [-0.1, -0.05) is 37.3 Å². The Balaban J connectivity index is 1.97. The van der Waals surface area contributed by atoms with E-state index >= 15 is 0 Å². The molecule has 0 radical (unpaired) electrons. The zero-order valence-electron chi connectivity index (χ0n) is 13.0. The normalized spacial score (nSPS) is 30.1. The smallest absolute Gasteiger partial charge is 0.226 e. The van der Waals surface area contributed by atoms with Crippen molar-refractivity contribution >= 4 is 5.91 Å². The summed E-state index contributed by atoms with van der Waals surface area (Å²) in [5.41, 5.74) is 1.11. The van der Waals surface area contributed by atoms with Crippen LogP contribution in [0, 0.1) is 11.8 Å². The average molecular weight is 291 g/mol. The summed E-state index contributed by atoms with van der Waals surface area (Å²) in [5, 5.41) is 12.5. The zero-order chi connectivity index (χ0) is 15.4. The molecule has 0 saturated carbocycles. The standard InChI is InChI=1S/C17H25NO3/c1-11-12(2)21-13(3)16(11)17(20)18-15(10-19)9-14-7-5-4-6-8-14/h4-8,11-13,15-16,19H,9-10H2,1-3H3,(H,18,20). The van der Waals surface area contributed by atoms with E-state index in [1.807, 2.05) is 51.1 Å². The minimum atomic E-state index is -0.254. The third-order valence-electron chi connectivity index (χ3n) is 4.44. The molecule has 4 heteroatoms. The van der Waals surface area contributed by atoms with Gasteiger partial charge in [0.25, 0.3) is 0 Å². The van der Waals surface area contributed by atoms with Crippen LogP contribution in [-0.4, -0.2) is 35.9 Å². The second-order valence-corrected chi connectivity index (χ2v) is 6.01. The van der Waals surface area contributed by atoms with Crippen molar-refractivity contribution in [1.82, 2.24) is 5.32 Å². The molecule has 5 unspecified atom stereocenters. The summed E-state index contributed by atoms with van der Waals surface area (Å²) in [6, 6.07) is 9.62. The van der Waals surface area contributed by atoms with Crippen molar-refractivity contribution in [3.05, 3.63) is 35.9 Å². The van der Waals surface area contributed by atoms with Crippen molar-refractivity contribution < 1.29 is 14.6 Å². The van der Waals surface area contributed by atoms with E-state index in [1.165, 1.54) is 0 Å². The molecule has 116 valence electrons. The monoisotopic (exact) mass is 291 g/mol. The highest BCUT2D eigenvalue weighted by molar-refractivity contribution is 5.80. The molecular weight excluding hydrogens is 266 g/mol. The first kappa shape index (κ1) is 16.0. The van der Waals surface area contributed by atoms with Crippen LogP contribution in [0.15, 0.2) is 30.3 Å². The highest BCUT2D eigenvalue weighted by Crippen LogP contribution is 2.32. The number of carbonyl (C=O) groups excluding carboxylic acids is 1. The first-order chi connectivity index (χ1) is 10.0. The maximum Gasteiger partial charge on any atom is 0.226 e. The minimum Gasteiger partial charge on any atom is -0.394 e. The molecule has 21 heavy (non-hydrogen) atoms. The van der Waals surface area contributed by atoms with Gasteiger partial charge in [-0.25, -0.2) is 0 Å². The van der Waals surface area contributed by atoms with Crippen LogP contribution < -0.4 is 5.32 Å². The number of carbonyl (C=O) groups is 1. The number of hydrogen-bond acceptors (Lipinski definition) is 3. The summed E-state index contributed by atoms with van der Waals surface area (Å²) in [5.74, 6) is 0.0234. The van der Waals surface area contributed by atoms with Crippen LogP contribution in [0.5, 0.6) is 0 Å². The Kier molecular flexibility index (Phi) is 5.37. The molecule has 4 nitrogen and oxygen atoms in total. The fraction of sp³-hybridized carbons (Fsp3) is 0.588. The lowest BCUT2D eigenvalue weighted by Crippen LogP contribution is -2.45. The number of benzene rings is 1. The predicted molar refractivity (Wildman–Crippen MR) is 81.8 cm³/mol. The van der Waals surface area contributed by atoms with Crippen molar-refractivity contribution in [3.63, 3.8) is 0 Å². The molecular formula is C17H25NO3. The van der Waals surface area contributed by atoms with Gasteiger partial charge in [0.1, 0.15) is 0 Å². The van der Waals surface area contributed by atoms with E-state index in [-0.39, 0.29) is 42.6 Å². The van der Waals surface area contributed by atoms with Crippen LogP contribution in [0.4, 0.5) is 0 Å². The first-order valence-electron chi connectivity index (χ1n) is 7.63. The van der Waals surface area contributed by atoms with E-state index in [0.29, 0.717) is 6.42 Å². The number of amides is 1. The fourth-order valence-electron chi connectivity index (χ4n) is 3.08. The van der Waals surface area contributed by atoms with E-state index in [0.717, 1.165) is 5.56 Å².